The van der Waals surface area contributed by atoms with Crippen molar-refractivity contribution in [2.45, 2.75) is 19.1 Å². The van der Waals surface area contributed by atoms with Gasteiger partial charge >= 0.3 is 0 Å². The van der Waals surface area contributed by atoms with Crippen LogP contribution in [0.4, 0.5) is 4.39 Å². The van der Waals surface area contributed by atoms with Crippen LogP contribution in [0.2, 0.25) is 0 Å². The smallest absolute Gasteiger partial charge is 0.247 e. The minimum absolute atomic E-state index is 0.0288. The number of amides is 2. The van der Waals surface area contributed by atoms with Gasteiger partial charge < -0.3 is 10.2 Å². The molecule has 35 heavy (non-hydrogen) atoms. The molecule has 0 aliphatic carbocycles. The number of halogens is 1. The molecule has 0 aliphatic rings. The van der Waals surface area contributed by atoms with Gasteiger partial charge in [0.2, 0.25) is 21.8 Å². The lowest BCUT2D eigenvalue weighted by molar-refractivity contribution is -0.141. The first-order valence-electron chi connectivity index (χ1n) is 10.8. The summed E-state index contributed by atoms with van der Waals surface area (Å²) >= 11 is 0. The normalized spacial score (nSPS) is 12.2. The van der Waals surface area contributed by atoms with Gasteiger partial charge in [-0.25, -0.2) is 12.8 Å². The molecule has 2 amide bonds. The molecular weight excluding hydrogens is 471 g/mol. The molecule has 3 rings (SSSR count). The first-order valence-corrected chi connectivity index (χ1v) is 12.7. The van der Waals surface area contributed by atoms with Crippen molar-refractivity contribution in [3.8, 4) is 0 Å². The van der Waals surface area contributed by atoms with Gasteiger partial charge in [-0.2, -0.15) is 4.31 Å². The summed E-state index contributed by atoms with van der Waals surface area (Å²) in [6, 6.07) is 16.8. The summed E-state index contributed by atoms with van der Waals surface area (Å²) in [6.07, 6.45) is 4.23. The maximum Gasteiger partial charge on any atom is 0.247 e. The highest BCUT2D eigenvalue weighted by molar-refractivity contribution is 7.88. The molecule has 1 N–H and O–H groups in total. The van der Waals surface area contributed by atoms with Crippen molar-refractivity contribution in [1.82, 2.24) is 19.5 Å². The maximum absolute atomic E-state index is 13.5. The van der Waals surface area contributed by atoms with E-state index in [0.717, 1.165) is 16.1 Å². The van der Waals surface area contributed by atoms with Gasteiger partial charge in [-0.05, 0) is 41.0 Å². The summed E-state index contributed by atoms with van der Waals surface area (Å²) < 4.78 is 38.3. The fourth-order valence-corrected chi connectivity index (χ4v) is 3.75. The molecule has 0 bridgehead atoms. The van der Waals surface area contributed by atoms with Gasteiger partial charge in [0, 0.05) is 32.5 Å². The van der Waals surface area contributed by atoms with Crippen LogP contribution in [0.5, 0.6) is 0 Å². The Labute approximate surface area is 204 Å². The van der Waals surface area contributed by atoms with Crippen molar-refractivity contribution in [2.24, 2.45) is 0 Å². The van der Waals surface area contributed by atoms with E-state index in [2.05, 4.69) is 10.3 Å². The van der Waals surface area contributed by atoms with Crippen molar-refractivity contribution in [1.29, 1.82) is 0 Å². The third-order valence-electron chi connectivity index (χ3n) is 5.40. The highest BCUT2D eigenvalue weighted by Gasteiger charge is 2.32. The Kier molecular flexibility index (Phi) is 8.67. The van der Waals surface area contributed by atoms with Gasteiger partial charge in [-0.3, -0.25) is 14.6 Å². The molecule has 10 heteroatoms. The number of nitrogens with zero attached hydrogens (tertiary/aromatic N) is 3. The number of carbonyl (C=O) groups is 2. The van der Waals surface area contributed by atoms with E-state index in [0.29, 0.717) is 11.1 Å². The number of hydrogen-bond acceptors (Lipinski definition) is 5. The molecule has 0 fully saturated rings. The Morgan fingerprint density at radius 3 is 2.20 bits per heavy atom. The average Bonchev–Trinajstić information content (AvgIpc) is 2.84. The maximum atomic E-state index is 13.5. The van der Waals surface area contributed by atoms with E-state index < -0.39 is 40.2 Å². The molecule has 0 spiro atoms. The minimum Gasteiger partial charge on any atom is -0.350 e. The van der Waals surface area contributed by atoms with Gasteiger partial charge in [-0.1, -0.05) is 42.5 Å². The SMILES string of the molecule is CN(CC(=O)N(Cc1ccc(F)cc1)[C@H](C(=O)NCc1ccncc1)c1ccccc1)S(C)(=O)=O. The van der Waals surface area contributed by atoms with E-state index in [1.165, 1.54) is 36.2 Å². The first-order chi connectivity index (χ1) is 16.6. The second kappa shape index (κ2) is 11.7. The molecule has 0 saturated carbocycles. The monoisotopic (exact) mass is 498 g/mol. The van der Waals surface area contributed by atoms with Crippen molar-refractivity contribution in [2.75, 3.05) is 19.8 Å². The third-order valence-corrected chi connectivity index (χ3v) is 6.66. The van der Waals surface area contributed by atoms with Crippen LogP contribution in [0, 0.1) is 5.82 Å². The summed E-state index contributed by atoms with van der Waals surface area (Å²) in [4.78, 5) is 32.2. The number of aromatic nitrogens is 1. The summed E-state index contributed by atoms with van der Waals surface area (Å²) in [5.41, 5.74) is 1.97. The van der Waals surface area contributed by atoms with Crippen LogP contribution in [0.25, 0.3) is 0 Å². The molecule has 2 aromatic carbocycles. The Balaban J connectivity index is 1.97. The molecule has 0 saturated heterocycles. The molecule has 3 aromatic rings. The van der Waals surface area contributed by atoms with Crippen LogP contribution in [0.1, 0.15) is 22.7 Å². The van der Waals surface area contributed by atoms with Gasteiger partial charge in [-0.15, -0.1) is 0 Å². The molecular formula is C25H27FN4O4S. The molecule has 0 unspecified atom stereocenters. The number of nitrogens with one attached hydrogen (secondary N) is 1. The topological polar surface area (TPSA) is 99.7 Å². The molecule has 1 heterocycles. The zero-order valence-electron chi connectivity index (χ0n) is 19.5. The lowest BCUT2D eigenvalue weighted by Crippen LogP contribution is -2.47. The number of carbonyl (C=O) groups excluding carboxylic acids is 2. The molecule has 184 valence electrons. The second-order valence-electron chi connectivity index (χ2n) is 8.05. The number of sulfonamides is 1. The molecule has 8 nitrogen and oxygen atoms in total. The Morgan fingerprint density at radius 2 is 1.60 bits per heavy atom. The van der Waals surface area contributed by atoms with Crippen LogP contribution in [-0.4, -0.2) is 54.3 Å². The summed E-state index contributed by atoms with van der Waals surface area (Å²) in [5.74, 6) is -1.45. The molecule has 1 aromatic heterocycles. The van der Waals surface area contributed by atoms with Crippen molar-refractivity contribution >= 4 is 21.8 Å². The van der Waals surface area contributed by atoms with Crippen molar-refractivity contribution < 1.29 is 22.4 Å². The van der Waals surface area contributed by atoms with Gasteiger partial charge in [0.15, 0.2) is 0 Å². The minimum atomic E-state index is -3.64. The summed E-state index contributed by atoms with van der Waals surface area (Å²) in [7, 11) is -2.34. The fourth-order valence-electron chi connectivity index (χ4n) is 3.40. The van der Waals surface area contributed by atoms with Crippen molar-refractivity contribution in [3.05, 3.63) is 102 Å². The van der Waals surface area contributed by atoms with Crippen molar-refractivity contribution in [3.63, 3.8) is 0 Å². The van der Waals surface area contributed by atoms with E-state index in [4.69, 9.17) is 0 Å². The Morgan fingerprint density at radius 1 is 0.971 bits per heavy atom. The Bertz CT molecular complexity index is 1240. The predicted octanol–water partition coefficient (Wildman–Crippen LogP) is 2.50. The molecule has 0 radical (unpaired) electrons. The lowest BCUT2D eigenvalue weighted by atomic mass is 10.0. The lowest BCUT2D eigenvalue weighted by Gasteiger charge is -2.32. The number of benzene rings is 2. The average molecular weight is 499 g/mol. The van der Waals surface area contributed by atoms with Crippen LogP contribution in [-0.2, 0) is 32.7 Å². The fraction of sp³-hybridized carbons (Fsp3) is 0.240. The van der Waals surface area contributed by atoms with Gasteiger partial charge in [0.25, 0.3) is 0 Å². The van der Waals surface area contributed by atoms with E-state index in [9.17, 15) is 22.4 Å². The molecule has 1 atom stereocenters. The van der Waals surface area contributed by atoms with E-state index in [1.807, 2.05) is 0 Å². The van der Waals surface area contributed by atoms with Crippen LogP contribution >= 0.6 is 0 Å². The quantitative estimate of drug-likeness (QED) is 0.463. The zero-order valence-corrected chi connectivity index (χ0v) is 20.3. The van der Waals surface area contributed by atoms with Crippen LogP contribution < -0.4 is 5.32 Å². The predicted molar refractivity (Wildman–Crippen MR) is 130 cm³/mol. The standard InChI is InChI=1S/C25H27FN4O4S/c1-29(35(2,33)34)18-23(31)30(17-20-8-10-22(26)11-9-20)24(21-6-4-3-5-7-21)25(32)28-16-19-12-14-27-15-13-19/h3-15,24H,16-18H2,1-2H3,(H,28,32)/t24-/m0/s1. The molecule has 0 aliphatic heterocycles. The van der Waals surface area contributed by atoms with E-state index >= 15 is 0 Å². The number of hydrogen-bond donors (Lipinski definition) is 1. The van der Waals surface area contributed by atoms with Gasteiger partial charge in [0.1, 0.15) is 11.9 Å². The zero-order chi connectivity index (χ0) is 25.4. The highest BCUT2D eigenvalue weighted by Crippen LogP contribution is 2.24. The number of likely N-dealkylation sites (N-methyl/N-ethyl adjacent to an activating group) is 1. The summed E-state index contributed by atoms with van der Waals surface area (Å²) in [6.45, 7) is -0.271. The summed E-state index contributed by atoms with van der Waals surface area (Å²) in [5, 5.41) is 2.86. The van der Waals surface area contributed by atoms with E-state index in [-0.39, 0.29) is 13.1 Å². The van der Waals surface area contributed by atoms with Crippen LogP contribution in [0.3, 0.4) is 0 Å². The Hall–Kier alpha value is -3.63. The van der Waals surface area contributed by atoms with Crippen LogP contribution in [0.15, 0.2) is 79.1 Å². The highest BCUT2D eigenvalue weighted by atomic mass is 32.2. The number of pyridine rings is 1. The first kappa shape index (κ1) is 26.0. The van der Waals surface area contributed by atoms with E-state index in [1.54, 1.807) is 54.9 Å². The third kappa shape index (κ3) is 7.43. The van der Waals surface area contributed by atoms with Gasteiger partial charge in [0.05, 0.1) is 12.8 Å². The number of rotatable bonds is 10. The second-order valence-corrected chi connectivity index (χ2v) is 10.1. The largest absolute Gasteiger partial charge is 0.350 e.